The number of nitrogens with zero attached hydrogens (tertiary/aromatic N) is 1. The van der Waals surface area contributed by atoms with Crippen LogP contribution in [0.1, 0.15) is 18.5 Å². The van der Waals surface area contributed by atoms with Gasteiger partial charge in [-0.2, -0.15) is 0 Å². The Bertz CT molecular complexity index is 264. The zero-order valence-corrected chi connectivity index (χ0v) is 7.60. The van der Waals surface area contributed by atoms with Crippen molar-refractivity contribution in [3.63, 3.8) is 0 Å². The van der Waals surface area contributed by atoms with Gasteiger partial charge in [-0.25, -0.2) is 4.98 Å². The molecular weight excluding hydrogens is 168 g/mol. The highest BCUT2D eigenvalue weighted by Crippen LogP contribution is 2.14. The second kappa shape index (κ2) is 4.79. The third-order valence-corrected chi connectivity index (χ3v) is 1.63. The number of hydrogen-bond acceptors (Lipinski definition) is 4. The van der Waals surface area contributed by atoms with Crippen molar-refractivity contribution in [3.05, 3.63) is 23.9 Å². The predicted molar refractivity (Wildman–Crippen MR) is 49.4 cm³/mol. The molecule has 1 aromatic rings. The summed E-state index contributed by atoms with van der Waals surface area (Å²) in [6, 6.07) is 3.59. The lowest BCUT2D eigenvalue weighted by Gasteiger charge is -2.07. The molecule has 1 rings (SSSR count). The molecule has 13 heavy (non-hydrogen) atoms. The summed E-state index contributed by atoms with van der Waals surface area (Å²) in [5.41, 5.74) is 6.65. The SMILES string of the molecule is C[C@@H](N)c1ccnc(OCCO)c1. The molecule has 0 bridgehead atoms. The number of aromatic nitrogens is 1. The summed E-state index contributed by atoms with van der Waals surface area (Å²) < 4.78 is 5.13. The zero-order valence-electron chi connectivity index (χ0n) is 7.60. The largest absolute Gasteiger partial charge is 0.475 e. The zero-order chi connectivity index (χ0) is 9.68. The molecule has 0 saturated carbocycles. The molecule has 72 valence electrons. The van der Waals surface area contributed by atoms with E-state index in [1.807, 2.05) is 13.0 Å². The van der Waals surface area contributed by atoms with Gasteiger partial charge in [0, 0.05) is 18.3 Å². The molecule has 0 spiro atoms. The summed E-state index contributed by atoms with van der Waals surface area (Å²) in [6.07, 6.45) is 1.64. The average molecular weight is 182 g/mol. The van der Waals surface area contributed by atoms with Crippen LogP contribution in [0.4, 0.5) is 0 Å². The third-order valence-electron chi connectivity index (χ3n) is 1.63. The van der Waals surface area contributed by atoms with Crippen molar-refractivity contribution in [1.82, 2.24) is 4.98 Å². The van der Waals surface area contributed by atoms with Crippen molar-refractivity contribution in [2.75, 3.05) is 13.2 Å². The molecule has 4 heteroatoms. The minimum atomic E-state index is -0.0283. The Labute approximate surface area is 77.4 Å². The number of nitrogens with two attached hydrogens (primary N) is 1. The van der Waals surface area contributed by atoms with E-state index < -0.39 is 0 Å². The van der Waals surface area contributed by atoms with Gasteiger partial charge < -0.3 is 15.6 Å². The van der Waals surface area contributed by atoms with Gasteiger partial charge in [0.25, 0.3) is 0 Å². The maximum Gasteiger partial charge on any atom is 0.213 e. The average Bonchev–Trinajstić information content (AvgIpc) is 2.15. The van der Waals surface area contributed by atoms with Gasteiger partial charge in [0.2, 0.25) is 5.88 Å². The monoisotopic (exact) mass is 182 g/mol. The first-order valence-corrected chi connectivity index (χ1v) is 4.19. The smallest absolute Gasteiger partial charge is 0.213 e. The first-order valence-electron chi connectivity index (χ1n) is 4.19. The summed E-state index contributed by atoms with van der Waals surface area (Å²) in [7, 11) is 0. The summed E-state index contributed by atoms with van der Waals surface area (Å²) in [4.78, 5) is 3.97. The Hall–Kier alpha value is -1.13. The van der Waals surface area contributed by atoms with Gasteiger partial charge in [-0.05, 0) is 18.6 Å². The van der Waals surface area contributed by atoms with E-state index in [4.69, 9.17) is 15.6 Å². The first kappa shape index (κ1) is 9.95. The second-order valence-corrected chi connectivity index (χ2v) is 2.79. The molecular formula is C9H14N2O2. The molecule has 0 aliphatic rings. The lowest BCUT2D eigenvalue weighted by molar-refractivity contribution is 0.196. The normalized spacial score (nSPS) is 12.5. The molecule has 0 unspecified atom stereocenters. The van der Waals surface area contributed by atoms with E-state index in [2.05, 4.69) is 4.98 Å². The molecule has 1 aromatic heterocycles. The van der Waals surface area contributed by atoms with Crippen molar-refractivity contribution in [2.45, 2.75) is 13.0 Å². The van der Waals surface area contributed by atoms with Crippen LogP contribution >= 0.6 is 0 Å². The minimum Gasteiger partial charge on any atom is -0.475 e. The summed E-state index contributed by atoms with van der Waals surface area (Å²) in [5, 5.41) is 8.53. The van der Waals surface area contributed by atoms with Crippen LogP contribution in [0.2, 0.25) is 0 Å². The molecule has 0 radical (unpaired) electrons. The predicted octanol–water partition coefficient (Wildman–Crippen LogP) is 0.472. The number of hydrogen-bond donors (Lipinski definition) is 2. The Morgan fingerprint density at radius 2 is 2.46 bits per heavy atom. The summed E-state index contributed by atoms with van der Waals surface area (Å²) in [6.45, 7) is 2.14. The highest BCUT2D eigenvalue weighted by atomic mass is 16.5. The topological polar surface area (TPSA) is 68.4 Å². The Kier molecular flexibility index (Phi) is 3.67. The van der Waals surface area contributed by atoms with Crippen molar-refractivity contribution < 1.29 is 9.84 Å². The van der Waals surface area contributed by atoms with E-state index in [-0.39, 0.29) is 19.3 Å². The molecule has 1 atom stereocenters. The van der Waals surface area contributed by atoms with E-state index >= 15 is 0 Å². The van der Waals surface area contributed by atoms with Crippen LogP contribution in [0, 0.1) is 0 Å². The lowest BCUT2D eigenvalue weighted by Crippen LogP contribution is -2.07. The molecule has 0 amide bonds. The van der Waals surface area contributed by atoms with E-state index in [1.54, 1.807) is 12.3 Å². The number of rotatable bonds is 4. The maximum atomic E-state index is 8.53. The molecule has 0 aromatic carbocycles. The van der Waals surface area contributed by atoms with Crippen molar-refractivity contribution in [3.8, 4) is 5.88 Å². The van der Waals surface area contributed by atoms with E-state index in [0.717, 1.165) is 5.56 Å². The number of ether oxygens (including phenoxy) is 1. The first-order chi connectivity index (χ1) is 6.24. The fourth-order valence-corrected chi connectivity index (χ4v) is 0.937. The van der Waals surface area contributed by atoms with Crippen molar-refractivity contribution in [2.24, 2.45) is 5.73 Å². The number of aliphatic hydroxyl groups is 1. The van der Waals surface area contributed by atoms with Gasteiger partial charge in [0.1, 0.15) is 6.61 Å². The molecule has 0 aliphatic heterocycles. The van der Waals surface area contributed by atoms with Gasteiger partial charge in [0.05, 0.1) is 6.61 Å². The van der Waals surface area contributed by atoms with Crippen molar-refractivity contribution >= 4 is 0 Å². The van der Waals surface area contributed by atoms with Crippen LogP contribution in [-0.2, 0) is 0 Å². The summed E-state index contributed by atoms with van der Waals surface area (Å²) in [5.74, 6) is 0.504. The fraction of sp³-hybridized carbons (Fsp3) is 0.444. The maximum absolute atomic E-state index is 8.53. The van der Waals surface area contributed by atoms with Crippen LogP contribution in [0.15, 0.2) is 18.3 Å². The standard InChI is InChI=1S/C9H14N2O2/c1-7(10)8-2-3-11-9(6-8)13-5-4-12/h2-3,6-7,12H,4-5,10H2,1H3/t7-/m1/s1. The highest BCUT2D eigenvalue weighted by molar-refractivity contribution is 5.22. The number of pyridine rings is 1. The second-order valence-electron chi connectivity index (χ2n) is 2.79. The molecule has 1 heterocycles. The van der Waals surface area contributed by atoms with Crippen LogP contribution < -0.4 is 10.5 Å². The fourth-order valence-electron chi connectivity index (χ4n) is 0.937. The van der Waals surface area contributed by atoms with Gasteiger partial charge in [-0.3, -0.25) is 0 Å². The Morgan fingerprint density at radius 1 is 1.69 bits per heavy atom. The van der Waals surface area contributed by atoms with Crippen molar-refractivity contribution in [1.29, 1.82) is 0 Å². The lowest BCUT2D eigenvalue weighted by atomic mass is 10.1. The molecule has 4 nitrogen and oxygen atoms in total. The Morgan fingerprint density at radius 3 is 3.08 bits per heavy atom. The van der Waals surface area contributed by atoms with Crippen LogP contribution in [0.25, 0.3) is 0 Å². The van der Waals surface area contributed by atoms with Crippen LogP contribution in [-0.4, -0.2) is 23.3 Å². The third kappa shape index (κ3) is 3.01. The van der Waals surface area contributed by atoms with Gasteiger partial charge >= 0.3 is 0 Å². The van der Waals surface area contributed by atoms with Crippen LogP contribution in [0.5, 0.6) is 5.88 Å². The quantitative estimate of drug-likeness (QED) is 0.710. The molecule has 0 fully saturated rings. The van der Waals surface area contributed by atoms with Gasteiger partial charge in [-0.1, -0.05) is 0 Å². The molecule has 0 aliphatic carbocycles. The summed E-state index contributed by atoms with van der Waals surface area (Å²) >= 11 is 0. The Balaban J connectivity index is 2.68. The minimum absolute atomic E-state index is 0.00984. The van der Waals surface area contributed by atoms with Gasteiger partial charge in [0.15, 0.2) is 0 Å². The molecule has 3 N–H and O–H groups in total. The van der Waals surface area contributed by atoms with E-state index in [0.29, 0.717) is 5.88 Å². The van der Waals surface area contributed by atoms with Gasteiger partial charge in [-0.15, -0.1) is 0 Å². The van der Waals surface area contributed by atoms with E-state index in [9.17, 15) is 0 Å². The van der Waals surface area contributed by atoms with E-state index in [1.165, 1.54) is 0 Å². The number of aliphatic hydroxyl groups excluding tert-OH is 1. The van der Waals surface area contributed by atoms with Crippen LogP contribution in [0.3, 0.4) is 0 Å². The highest BCUT2D eigenvalue weighted by Gasteiger charge is 2.01. The molecule has 0 saturated heterocycles.